The Kier molecular flexibility index (Phi) is 7.29. The van der Waals surface area contributed by atoms with Gasteiger partial charge in [0.15, 0.2) is 0 Å². The number of azo groups is 2. The van der Waals surface area contributed by atoms with Gasteiger partial charge in [-0.3, -0.25) is 0 Å². The van der Waals surface area contributed by atoms with Crippen molar-refractivity contribution in [2.45, 2.75) is 6.42 Å². The first-order valence-electron chi connectivity index (χ1n) is 10.6. The van der Waals surface area contributed by atoms with Crippen LogP contribution >= 0.6 is 0 Å². The first-order chi connectivity index (χ1) is 15.8. The molecule has 0 saturated heterocycles. The Hall–Kier alpha value is -3.90. The van der Waals surface area contributed by atoms with Crippen molar-refractivity contribution in [3.8, 4) is 0 Å². The van der Waals surface area contributed by atoms with Gasteiger partial charge in [0, 0.05) is 25.6 Å². The van der Waals surface area contributed by atoms with E-state index in [2.05, 4.69) is 50.0 Å². The SMILES string of the molecule is COCCCNc1ccc2ccccc2c1N=Nc1ccc(N=Nc2ccccc2)cc1. The van der Waals surface area contributed by atoms with Gasteiger partial charge in [0.1, 0.15) is 5.69 Å². The molecule has 0 aliphatic rings. The third kappa shape index (κ3) is 5.62. The quantitative estimate of drug-likeness (QED) is 0.218. The Bertz CT molecular complexity index is 1200. The monoisotopic (exact) mass is 423 g/mol. The van der Waals surface area contributed by atoms with Crippen LogP contribution in [0.15, 0.2) is 111 Å². The average molecular weight is 424 g/mol. The molecule has 0 radical (unpaired) electrons. The minimum Gasteiger partial charge on any atom is -0.385 e. The van der Waals surface area contributed by atoms with Crippen LogP contribution in [0.4, 0.5) is 28.4 Å². The molecule has 4 rings (SSSR count). The summed E-state index contributed by atoms with van der Waals surface area (Å²) in [6, 6.07) is 29.5. The number of anilines is 1. The lowest BCUT2D eigenvalue weighted by molar-refractivity contribution is 0.198. The van der Waals surface area contributed by atoms with Gasteiger partial charge in [0.05, 0.1) is 22.7 Å². The summed E-state index contributed by atoms with van der Waals surface area (Å²) >= 11 is 0. The van der Waals surface area contributed by atoms with Crippen LogP contribution in [0, 0.1) is 0 Å². The van der Waals surface area contributed by atoms with E-state index in [9.17, 15) is 0 Å². The molecule has 160 valence electrons. The number of nitrogens with zero attached hydrogens (tertiary/aromatic N) is 4. The van der Waals surface area contributed by atoms with Crippen molar-refractivity contribution in [2.75, 3.05) is 25.6 Å². The number of rotatable bonds is 9. The fourth-order valence-corrected chi connectivity index (χ4v) is 3.25. The highest BCUT2D eigenvalue weighted by atomic mass is 16.5. The minimum atomic E-state index is 0.714. The lowest BCUT2D eigenvalue weighted by atomic mass is 10.1. The molecule has 0 aliphatic heterocycles. The molecule has 0 fully saturated rings. The Labute approximate surface area is 187 Å². The Morgan fingerprint density at radius 3 is 2.00 bits per heavy atom. The molecule has 4 aromatic rings. The Balaban J connectivity index is 1.54. The van der Waals surface area contributed by atoms with E-state index in [1.54, 1.807) is 7.11 Å². The summed E-state index contributed by atoms with van der Waals surface area (Å²) in [5.41, 5.74) is 4.11. The third-order valence-corrected chi connectivity index (χ3v) is 4.89. The highest BCUT2D eigenvalue weighted by Gasteiger charge is 2.07. The minimum absolute atomic E-state index is 0.714. The fraction of sp³-hybridized carbons (Fsp3) is 0.154. The Morgan fingerprint density at radius 2 is 1.28 bits per heavy atom. The first-order valence-corrected chi connectivity index (χ1v) is 10.6. The molecule has 4 aromatic carbocycles. The second-order valence-corrected chi connectivity index (χ2v) is 7.21. The number of benzene rings is 4. The van der Waals surface area contributed by atoms with Gasteiger partial charge < -0.3 is 10.1 Å². The van der Waals surface area contributed by atoms with Crippen molar-refractivity contribution in [1.29, 1.82) is 0 Å². The zero-order valence-electron chi connectivity index (χ0n) is 18.0. The van der Waals surface area contributed by atoms with E-state index in [0.29, 0.717) is 6.61 Å². The van der Waals surface area contributed by atoms with Crippen LogP contribution in [0.3, 0.4) is 0 Å². The van der Waals surface area contributed by atoms with Crippen LogP contribution in [-0.4, -0.2) is 20.3 Å². The molecule has 32 heavy (non-hydrogen) atoms. The van der Waals surface area contributed by atoms with Crippen LogP contribution in [-0.2, 0) is 4.74 Å². The molecule has 1 N–H and O–H groups in total. The zero-order chi connectivity index (χ0) is 22.0. The molecule has 0 unspecified atom stereocenters. The molecule has 0 spiro atoms. The smallest absolute Gasteiger partial charge is 0.117 e. The predicted molar refractivity (Wildman–Crippen MR) is 130 cm³/mol. The molecule has 0 saturated carbocycles. The van der Waals surface area contributed by atoms with E-state index in [1.165, 1.54) is 0 Å². The van der Waals surface area contributed by atoms with Gasteiger partial charge in [-0.05, 0) is 54.3 Å². The molecule has 0 bridgehead atoms. The van der Waals surface area contributed by atoms with Crippen LogP contribution in [0.1, 0.15) is 6.42 Å². The maximum absolute atomic E-state index is 5.14. The lowest BCUT2D eigenvalue weighted by Gasteiger charge is -2.11. The van der Waals surface area contributed by atoms with Gasteiger partial charge in [0.2, 0.25) is 0 Å². The molecule has 0 aliphatic carbocycles. The van der Waals surface area contributed by atoms with Gasteiger partial charge >= 0.3 is 0 Å². The van der Waals surface area contributed by atoms with Gasteiger partial charge in [0.25, 0.3) is 0 Å². The Morgan fingerprint density at radius 1 is 0.656 bits per heavy atom. The third-order valence-electron chi connectivity index (χ3n) is 4.89. The van der Waals surface area contributed by atoms with Crippen LogP contribution in [0.5, 0.6) is 0 Å². The summed E-state index contributed by atoms with van der Waals surface area (Å²) in [5.74, 6) is 0. The van der Waals surface area contributed by atoms with Crippen LogP contribution in [0.2, 0.25) is 0 Å². The van der Waals surface area contributed by atoms with Crippen molar-refractivity contribution in [3.63, 3.8) is 0 Å². The highest BCUT2D eigenvalue weighted by molar-refractivity contribution is 5.98. The first kappa shape index (κ1) is 21.3. The molecule has 0 aromatic heterocycles. The topological polar surface area (TPSA) is 70.7 Å². The highest BCUT2D eigenvalue weighted by Crippen LogP contribution is 2.35. The second-order valence-electron chi connectivity index (χ2n) is 7.21. The largest absolute Gasteiger partial charge is 0.385 e. The number of nitrogens with one attached hydrogen (secondary N) is 1. The number of fused-ring (bicyclic) bond motifs is 1. The summed E-state index contributed by atoms with van der Waals surface area (Å²) in [5, 5.41) is 23.2. The van der Waals surface area contributed by atoms with Crippen molar-refractivity contribution in [1.82, 2.24) is 0 Å². The normalized spacial score (nSPS) is 11.5. The zero-order valence-corrected chi connectivity index (χ0v) is 18.0. The molecule has 0 atom stereocenters. The summed E-state index contributed by atoms with van der Waals surface area (Å²) in [6.45, 7) is 1.52. The van der Waals surface area contributed by atoms with Crippen molar-refractivity contribution in [3.05, 3.63) is 91.0 Å². The van der Waals surface area contributed by atoms with E-state index >= 15 is 0 Å². The molecule has 6 nitrogen and oxygen atoms in total. The summed E-state index contributed by atoms with van der Waals surface area (Å²) in [7, 11) is 1.71. The van der Waals surface area contributed by atoms with Gasteiger partial charge in [-0.2, -0.15) is 15.3 Å². The second kappa shape index (κ2) is 10.9. The number of hydrogen-bond donors (Lipinski definition) is 1. The van der Waals surface area contributed by atoms with Crippen molar-refractivity contribution >= 4 is 39.2 Å². The van der Waals surface area contributed by atoms with E-state index in [-0.39, 0.29) is 0 Å². The molecule has 0 heterocycles. The molecule has 6 heteroatoms. The van der Waals surface area contributed by atoms with Crippen LogP contribution in [0.25, 0.3) is 10.8 Å². The van der Waals surface area contributed by atoms with E-state index in [4.69, 9.17) is 4.74 Å². The average Bonchev–Trinajstić information content (AvgIpc) is 2.85. The fourth-order valence-electron chi connectivity index (χ4n) is 3.25. The van der Waals surface area contributed by atoms with E-state index in [0.717, 1.165) is 52.2 Å². The maximum Gasteiger partial charge on any atom is 0.117 e. The molecular weight excluding hydrogens is 398 g/mol. The number of ether oxygens (including phenoxy) is 1. The van der Waals surface area contributed by atoms with Crippen molar-refractivity contribution in [2.24, 2.45) is 20.5 Å². The van der Waals surface area contributed by atoms with Crippen molar-refractivity contribution < 1.29 is 4.74 Å². The maximum atomic E-state index is 5.14. The number of methoxy groups -OCH3 is 1. The predicted octanol–water partition coefficient (Wildman–Crippen LogP) is 8.12. The van der Waals surface area contributed by atoms with E-state index in [1.807, 2.05) is 66.7 Å². The molecular formula is C26H25N5O. The van der Waals surface area contributed by atoms with Gasteiger partial charge in [-0.25, -0.2) is 0 Å². The number of hydrogen-bond acceptors (Lipinski definition) is 6. The lowest BCUT2D eigenvalue weighted by Crippen LogP contribution is -2.04. The molecule has 0 amide bonds. The summed E-state index contributed by atoms with van der Waals surface area (Å²) in [6.07, 6.45) is 0.916. The summed E-state index contributed by atoms with van der Waals surface area (Å²) < 4.78 is 5.14. The van der Waals surface area contributed by atoms with Crippen LogP contribution < -0.4 is 5.32 Å². The van der Waals surface area contributed by atoms with E-state index < -0.39 is 0 Å². The standard InChI is InChI=1S/C26H25N5O/c1-32-19-7-18-27-25-17-12-20-8-5-6-11-24(20)26(25)31-30-23-15-13-22(14-16-23)29-28-21-9-3-2-4-10-21/h2-6,8-17,27H,7,18-19H2,1H3. The summed E-state index contributed by atoms with van der Waals surface area (Å²) in [4.78, 5) is 0. The van der Waals surface area contributed by atoms with Gasteiger partial charge in [-0.15, -0.1) is 5.11 Å². The van der Waals surface area contributed by atoms with Gasteiger partial charge in [-0.1, -0.05) is 48.5 Å².